The number of hydrogen-bond donors (Lipinski definition) is 0. The van der Waals surface area contributed by atoms with Crippen LogP contribution in [0.3, 0.4) is 0 Å². The number of aromatic nitrogens is 3. The van der Waals surface area contributed by atoms with E-state index in [2.05, 4.69) is 28.1 Å². The van der Waals surface area contributed by atoms with Gasteiger partial charge in [-0.2, -0.15) is 0 Å². The van der Waals surface area contributed by atoms with Gasteiger partial charge in [-0.3, -0.25) is 4.40 Å². The standard InChI is InChI=1S/C17H15F2N3.C5H8O2.C2H6/c1-3-11(2)17-21-20-16-7-4-12(10-22(16)17)8-13-5-6-14(18)9-15(13)19;1-4(2)5(6)7-3;1-2/h4-7,9-10H,2-3,8H2,1H3;1H2,2-3H3;1-2H3. The largest absolute Gasteiger partial charge is 0.466 e. The Balaban J connectivity index is 0.000000457. The Bertz CT molecular complexity index is 1060. The topological polar surface area (TPSA) is 56.5 Å². The van der Waals surface area contributed by atoms with Gasteiger partial charge in [0.05, 0.1) is 7.11 Å². The molecule has 0 N–H and O–H groups in total. The smallest absolute Gasteiger partial charge is 0.332 e. The highest BCUT2D eigenvalue weighted by Crippen LogP contribution is 2.19. The van der Waals surface area contributed by atoms with Gasteiger partial charge in [0.15, 0.2) is 11.5 Å². The van der Waals surface area contributed by atoms with E-state index < -0.39 is 11.6 Å². The summed E-state index contributed by atoms with van der Waals surface area (Å²) in [6, 6.07) is 7.32. The van der Waals surface area contributed by atoms with Crippen molar-refractivity contribution in [1.29, 1.82) is 0 Å². The number of nitrogens with zero attached hydrogens (tertiary/aromatic N) is 3. The van der Waals surface area contributed by atoms with Crippen molar-refractivity contribution in [3.63, 3.8) is 0 Å². The average Bonchev–Trinajstić information content (AvgIpc) is 3.19. The third kappa shape index (κ3) is 7.13. The molecule has 2 heterocycles. The van der Waals surface area contributed by atoms with Crippen molar-refractivity contribution in [2.24, 2.45) is 0 Å². The molecule has 0 unspecified atom stereocenters. The summed E-state index contributed by atoms with van der Waals surface area (Å²) in [6.07, 6.45) is 3.02. The molecule has 0 aliphatic rings. The SMILES string of the molecule is C=C(C)C(=O)OC.C=C(CC)c1nnc2ccc(Cc3ccc(F)cc3F)cn12.CC. The Morgan fingerprint density at radius 1 is 1.13 bits per heavy atom. The number of carbonyl (C=O) groups excluding carboxylic acids is 1. The summed E-state index contributed by atoms with van der Waals surface area (Å²) in [4.78, 5) is 10.2. The van der Waals surface area contributed by atoms with E-state index in [1.54, 1.807) is 6.92 Å². The Morgan fingerprint density at radius 2 is 1.81 bits per heavy atom. The Hall–Kier alpha value is -3.35. The molecule has 0 aliphatic carbocycles. The number of benzene rings is 1. The van der Waals surface area contributed by atoms with Crippen LogP contribution < -0.4 is 0 Å². The fourth-order valence-corrected chi connectivity index (χ4v) is 2.50. The molecule has 7 heteroatoms. The first-order valence-corrected chi connectivity index (χ1v) is 9.96. The number of fused-ring (bicyclic) bond motifs is 1. The van der Waals surface area contributed by atoms with E-state index >= 15 is 0 Å². The van der Waals surface area contributed by atoms with Gasteiger partial charge in [0.25, 0.3) is 0 Å². The molecular formula is C24H29F2N3O2. The average molecular weight is 430 g/mol. The second-order valence-electron chi connectivity index (χ2n) is 6.43. The van der Waals surface area contributed by atoms with Crippen molar-refractivity contribution in [2.45, 2.75) is 40.5 Å². The molecule has 0 bridgehead atoms. The second-order valence-corrected chi connectivity index (χ2v) is 6.43. The third-order valence-electron chi connectivity index (χ3n) is 4.15. The Kier molecular flexibility index (Phi) is 10.2. The molecule has 0 atom stereocenters. The quantitative estimate of drug-likeness (QED) is 0.381. The first kappa shape index (κ1) is 25.7. The summed E-state index contributed by atoms with van der Waals surface area (Å²) in [7, 11) is 1.33. The molecule has 1 aromatic carbocycles. The lowest BCUT2D eigenvalue weighted by Crippen LogP contribution is -1.98. The van der Waals surface area contributed by atoms with E-state index in [0.717, 1.165) is 23.6 Å². The molecule has 0 saturated carbocycles. The number of esters is 1. The maximum atomic E-state index is 13.8. The molecule has 0 saturated heterocycles. The zero-order valence-electron chi connectivity index (χ0n) is 18.7. The number of carbonyl (C=O) groups is 1. The zero-order chi connectivity index (χ0) is 23.6. The van der Waals surface area contributed by atoms with Crippen molar-refractivity contribution in [2.75, 3.05) is 7.11 Å². The van der Waals surface area contributed by atoms with Crippen LogP contribution in [0, 0.1) is 11.6 Å². The summed E-state index contributed by atoms with van der Waals surface area (Å²) in [6.45, 7) is 14.9. The molecular weight excluding hydrogens is 400 g/mol. The molecule has 3 aromatic rings. The maximum absolute atomic E-state index is 13.8. The highest BCUT2D eigenvalue weighted by atomic mass is 19.1. The van der Waals surface area contributed by atoms with E-state index in [-0.39, 0.29) is 5.97 Å². The Morgan fingerprint density at radius 3 is 2.32 bits per heavy atom. The van der Waals surface area contributed by atoms with Gasteiger partial charge in [-0.25, -0.2) is 13.6 Å². The predicted octanol–water partition coefficient (Wildman–Crippen LogP) is 5.78. The fraction of sp³-hybridized carbons (Fsp3) is 0.292. The molecule has 0 spiro atoms. The summed E-state index contributed by atoms with van der Waals surface area (Å²) in [5, 5.41) is 8.23. The van der Waals surface area contributed by atoms with Gasteiger partial charge in [0, 0.05) is 24.3 Å². The van der Waals surface area contributed by atoms with Crippen molar-refractivity contribution in [3.8, 4) is 0 Å². The third-order valence-corrected chi connectivity index (χ3v) is 4.15. The van der Waals surface area contributed by atoms with Gasteiger partial charge in [0.2, 0.25) is 0 Å². The summed E-state index contributed by atoms with van der Waals surface area (Å²) >= 11 is 0. The van der Waals surface area contributed by atoms with Crippen molar-refractivity contribution in [3.05, 3.63) is 83.8 Å². The lowest BCUT2D eigenvalue weighted by Gasteiger charge is -2.06. The number of pyridine rings is 1. The highest BCUT2D eigenvalue weighted by Gasteiger charge is 2.10. The van der Waals surface area contributed by atoms with Crippen LogP contribution in [0.1, 0.15) is 51.1 Å². The van der Waals surface area contributed by atoms with Crippen molar-refractivity contribution in [1.82, 2.24) is 14.6 Å². The molecule has 3 rings (SSSR count). The van der Waals surface area contributed by atoms with E-state index in [4.69, 9.17) is 0 Å². The van der Waals surface area contributed by atoms with E-state index in [0.29, 0.717) is 29.0 Å². The molecule has 0 aliphatic heterocycles. The monoisotopic (exact) mass is 429 g/mol. The van der Waals surface area contributed by atoms with Crippen LogP contribution in [0.4, 0.5) is 8.78 Å². The number of rotatable bonds is 5. The van der Waals surface area contributed by atoms with Crippen LogP contribution in [0.15, 0.2) is 55.3 Å². The second kappa shape index (κ2) is 12.4. The normalized spacial score (nSPS) is 9.77. The van der Waals surface area contributed by atoms with E-state index in [1.165, 1.54) is 19.2 Å². The number of hydrogen-bond acceptors (Lipinski definition) is 4. The summed E-state index contributed by atoms with van der Waals surface area (Å²) in [5.41, 5.74) is 3.38. The number of halogens is 2. The number of ether oxygens (including phenoxy) is 1. The van der Waals surface area contributed by atoms with Crippen molar-refractivity contribution < 1.29 is 18.3 Å². The lowest BCUT2D eigenvalue weighted by molar-refractivity contribution is -0.136. The molecule has 166 valence electrons. The van der Waals surface area contributed by atoms with Gasteiger partial charge >= 0.3 is 5.97 Å². The Labute approximate surface area is 182 Å². The number of allylic oxidation sites excluding steroid dienone is 1. The summed E-state index contributed by atoms with van der Waals surface area (Å²) in [5.74, 6) is -0.752. The zero-order valence-corrected chi connectivity index (χ0v) is 18.7. The van der Waals surface area contributed by atoms with Crippen LogP contribution in [0.2, 0.25) is 0 Å². The van der Waals surface area contributed by atoms with Crippen LogP contribution in [0.5, 0.6) is 0 Å². The van der Waals surface area contributed by atoms with Gasteiger partial charge in [0.1, 0.15) is 11.6 Å². The van der Waals surface area contributed by atoms with Gasteiger partial charge in [-0.15, -0.1) is 10.2 Å². The van der Waals surface area contributed by atoms with E-state index in [1.807, 2.05) is 43.5 Å². The minimum Gasteiger partial charge on any atom is -0.466 e. The lowest BCUT2D eigenvalue weighted by atomic mass is 10.1. The van der Waals surface area contributed by atoms with Crippen LogP contribution in [0.25, 0.3) is 11.2 Å². The molecule has 0 amide bonds. The first-order chi connectivity index (χ1) is 14.8. The molecule has 5 nitrogen and oxygen atoms in total. The molecule has 31 heavy (non-hydrogen) atoms. The van der Waals surface area contributed by atoms with Gasteiger partial charge in [-0.05, 0) is 42.2 Å². The fourth-order valence-electron chi connectivity index (χ4n) is 2.50. The minimum absolute atomic E-state index is 0.347. The van der Waals surface area contributed by atoms with Crippen LogP contribution in [-0.4, -0.2) is 27.7 Å². The first-order valence-electron chi connectivity index (χ1n) is 9.96. The van der Waals surface area contributed by atoms with Crippen molar-refractivity contribution >= 4 is 17.2 Å². The number of methoxy groups -OCH3 is 1. The summed E-state index contributed by atoms with van der Waals surface area (Å²) < 4.78 is 32.9. The molecule has 0 fully saturated rings. The highest BCUT2D eigenvalue weighted by molar-refractivity contribution is 5.86. The van der Waals surface area contributed by atoms with Gasteiger partial charge < -0.3 is 4.74 Å². The predicted molar refractivity (Wildman–Crippen MR) is 120 cm³/mol. The minimum atomic E-state index is -0.572. The van der Waals surface area contributed by atoms with Crippen LogP contribution in [-0.2, 0) is 16.0 Å². The molecule has 2 aromatic heterocycles. The van der Waals surface area contributed by atoms with Crippen LogP contribution >= 0.6 is 0 Å². The molecule has 0 radical (unpaired) electrons. The maximum Gasteiger partial charge on any atom is 0.332 e. The van der Waals surface area contributed by atoms with Gasteiger partial charge in [-0.1, -0.05) is 46.1 Å². The van der Waals surface area contributed by atoms with E-state index in [9.17, 15) is 13.6 Å².